The maximum Gasteiger partial charge on any atom is 0.328 e. The van der Waals surface area contributed by atoms with Crippen LogP contribution in [0.15, 0.2) is 24.3 Å². The van der Waals surface area contributed by atoms with E-state index < -0.39 is 109 Å². The number of likely N-dealkylation sites (tertiary alicyclic amines) is 2. The molecule has 322 valence electrons. The standard InChI is InChI=1S/C36H55N9O12S/c37-12-2-1-5-23(40-30(50)22(38)17-46)32(52)41-24(15-20-8-10-21(48)11-9-20)31(51)39-16-29(49)44-13-4-7-28(44)35(55)45-14-3-6-27(45)34(54)43-26(19-58)33(53)42-25(18-47)36(56)57/h8-11,22-28,46-48,58H,1-7,12-19,37-38H2,(H,39,51)(H,40,50)(H,41,52)(H,42,53)(H,43,54)(H,56,57)/t22-,23-,24-,25-,26-,27-,28-/m0/s1. The smallest absolute Gasteiger partial charge is 0.328 e. The van der Waals surface area contributed by atoms with Gasteiger partial charge in [-0.25, -0.2) is 4.79 Å². The number of amides is 7. The molecule has 7 atom stereocenters. The van der Waals surface area contributed by atoms with Gasteiger partial charge in [0.15, 0.2) is 0 Å². The van der Waals surface area contributed by atoms with Gasteiger partial charge in [-0.3, -0.25) is 33.6 Å². The molecule has 2 aliphatic rings. The highest BCUT2D eigenvalue weighted by molar-refractivity contribution is 7.80. The van der Waals surface area contributed by atoms with E-state index in [0.29, 0.717) is 37.8 Å². The Hall–Kier alpha value is -5.03. The van der Waals surface area contributed by atoms with Gasteiger partial charge in [-0.1, -0.05) is 12.1 Å². The summed E-state index contributed by atoms with van der Waals surface area (Å²) < 4.78 is 0. The molecule has 0 spiro atoms. The van der Waals surface area contributed by atoms with E-state index in [1.165, 1.54) is 21.9 Å². The van der Waals surface area contributed by atoms with Crippen molar-refractivity contribution in [3.63, 3.8) is 0 Å². The molecule has 7 amide bonds. The van der Waals surface area contributed by atoms with Crippen LogP contribution in [0.1, 0.15) is 50.5 Å². The third kappa shape index (κ3) is 13.5. The highest BCUT2D eigenvalue weighted by Gasteiger charge is 2.43. The molecule has 0 aliphatic carbocycles. The topological polar surface area (TPSA) is 336 Å². The molecule has 2 heterocycles. The van der Waals surface area contributed by atoms with Gasteiger partial charge in [0.05, 0.1) is 19.8 Å². The van der Waals surface area contributed by atoms with Crippen molar-refractivity contribution in [3.05, 3.63) is 29.8 Å². The molecule has 0 radical (unpaired) electrons. The molecular weight excluding hydrogens is 783 g/mol. The quantitative estimate of drug-likeness (QED) is 0.0387. The number of hydrogen-bond acceptors (Lipinski definition) is 14. The number of thiol groups is 1. The van der Waals surface area contributed by atoms with Crippen molar-refractivity contribution in [1.29, 1.82) is 0 Å². The Kier molecular flexibility index (Phi) is 19.1. The van der Waals surface area contributed by atoms with E-state index in [9.17, 15) is 53.7 Å². The summed E-state index contributed by atoms with van der Waals surface area (Å²) in [7, 11) is 0. The van der Waals surface area contributed by atoms with Crippen LogP contribution in [0.4, 0.5) is 0 Å². The van der Waals surface area contributed by atoms with Crippen molar-refractivity contribution < 1.29 is 58.8 Å². The molecule has 2 saturated heterocycles. The van der Waals surface area contributed by atoms with Gasteiger partial charge in [-0.05, 0) is 69.2 Å². The molecule has 58 heavy (non-hydrogen) atoms. The van der Waals surface area contributed by atoms with Gasteiger partial charge in [-0.15, -0.1) is 0 Å². The number of phenols is 1. The van der Waals surface area contributed by atoms with Gasteiger partial charge in [0.1, 0.15) is 48.0 Å². The van der Waals surface area contributed by atoms with E-state index in [-0.39, 0.29) is 50.3 Å². The van der Waals surface area contributed by atoms with E-state index in [4.69, 9.17) is 16.6 Å². The fourth-order valence-electron chi connectivity index (χ4n) is 6.60. The molecule has 13 N–H and O–H groups in total. The molecule has 2 aliphatic heterocycles. The number of benzene rings is 1. The first-order chi connectivity index (χ1) is 27.6. The van der Waals surface area contributed by atoms with Gasteiger partial charge >= 0.3 is 5.97 Å². The monoisotopic (exact) mass is 837 g/mol. The van der Waals surface area contributed by atoms with Crippen LogP contribution in [0.25, 0.3) is 0 Å². The number of rotatable bonds is 22. The molecule has 0 aromatic heterocycles. The number of unbranched alkanes of at least 4 members (excludes halogenated alkanes) is 1. The van der Waals surface area contributed by atoms with Gasteiger partial charge < -0.3 is 68.3 Å². The first-order valence-electron chi connectivity index (χ1n) is 19.0. The highest BCUT2D eigenvalue weighted by Crippen LogP contribution is 2.25. The number of carbonyl (C=O) groups excluding carboxylic acids is 7. The van der Waals surface area contributed by atoms with Gasteiger partial charge in [-0.2, -0.15) is 12.6 Å². The zero-order valence-electron chi connectivity index (χ0n) is 32.0. The molecule has 2 fully saturated rings. The van der Waals surface area contributed by atoms with Gasteiger partial charge in [0, 0.05) is 25.3 Å². The van der Waals surface area contributed by atoms with Gasteiger partial charge in [0.2, 0.25) is 41.4 Å². The summed E-state index contributed by atoms with van der Waals surface area (Å²) in [6.45, 7) is -1.40. The van der Waals surface area contributed by atoms with Crippen molar-refractivity contribution in [2.45, 2.75) is 93.7 Å². The average molecular weight is 838 g/mol. The lowest BCUT2D eigenvalue weighted by atomic mass is 10.0. The number of aromatic hydroxyl groups is 1. The zero-order valence-corrected chi connectivity index (χ0v) is 32.9. The number of aliphatic hydroxyl groups excluding tert-OH is 2. The van der Waals surface area contributed by atoms with Crippen LogP contribution in [0.3, 0.4) is 0 Å². The predicted molar refractivity (Wildman–Crippen MR) is 209 cm³/mol. The third-order valence-corrected chi connectivity index (χ3v) is 10.2. The molecule has 3 rings (SSSR count). The minimum absolute atomic E-state index is 0.0305. The summed E-state index contributed by atoms with van der Waals surface area (Å²) in [6.07, 6.45) is 2.48. The number of aliphatic carboxylic acids is 1. The van der Waals surface area contributed by atoms with E-state index in [1.54, 1.807) is 12.1 Å². The third-order valence-electron chi connectivity index (χ3n) is 9.85. The molecule has 0 bridgehead atoms. The summed E-state index contributed by atoms with van der Waals surface area (Å²) in [5.41, 5.74) is 11.8. The largest absolute Gasteiger partial charge is 0.508 e. The molecule has 0 unspecified atom stereocenters. The van der Waals surface area contributed by atoms with Crippen LogP contribution in [-0.2, 0) is 44.8 Å². The Morgan fingerprint density at radius 3 is 1.97 bits per heavy atom. The zero-order chi connectivity index (χ0) is 42.9. The van der Waals surface area contributed by atoms with Crippen LogP contribution in [-0.4, -0.2) is 165 Å². The van der Waals surface area contributed by atoms with Crippen molar-refractivity contribution >= 4 is 59.9 Å². The average Bonchev–Trinajstić information content (AvgIpc) is 3.91. The Balaban J connectivity index is 1.70. The van der Waals surface area contributed by atoms with Crippen molar-refractivity contribution in [1.82, 2.24) is 36.4 Å². The number of nitrogens with zero attached hydrogens (tertiary/aromatic N) is 2. The fourth-order valence-corrected chi connectivity index (χ4v) is 6.85. The molecule has 1 aromatic carbocycles. The number of phenolic OH excluding ortho intramolecular Hbond substituents is 1. The number of nitrogens with one attached hydrogen (secondary N) is 5. The van der Waals surface area contributed by atoms with Crippen molar-refractivity contribution in [2.75, 3.05) is 45.1 Å². The summed E-state index contributed by atoms with van der Waals surface area (Å²) in [5, 5.41) is 49.7. The minimum Gasteiger partial charge on any atom is -0.508 e. The second kappa shape index (κ2) is 23.4. The summed E-state index contributed by atoms with van der Waals surface area (Å²) in [6, 6.07) is -2.67. The van der Waals surface area contributed by atoms with Gasteiger partial charge in [0.25, 0.3) is 0 Å². The van der Waals surface area contributed by atoms with Crippen LogP contribution < -0.4 is 38.1 Å². The van der Waals surface area contributed by atoms with Crippen molar-refractivity contribution in [2.24, 2.45) is 11.5 Å². The second-order valence-electron chi connectivity index (χ2n) is 14.0. The van der Waals surface area contributed by atoms with Crippen LogP contribution in [0, 0.1) is 0 Å². The SMILES string of the molecule is NCCCC[C@H](NC(=O)[C@@H](N)CO)C(=O)N[C@@H](Cc1ccc(O)cc1)C(=O)NCC(=O)N1CCC[C@H]1C(=O)N1CCC[C@H]1C(=O)N[C@@H](CS)C(=O)N[C@@H](CO)C(=O)O. The molecular formula is C36H55N9O12S. The maximum absolute atomic E-state index is 13.9. The summed E-state index contributed by atoms with van der Waals surface area (Å²) >= 11 is 4.08. The lowest BCUT2D eigenvalue weighted by Crippen LogP contribution is -2.58. The first kappa shape index (κ1) is 47.3. The number of carboxylic acid groups (broad SMARTS) is 1. The van der Waals surface area contributed by atoms with Crippen LogP contribution in [0.5, 0.6) is 5.75 Å². The Labute approximate surface area is 340 Å². The molecule has 1 aromatic rings. The number of hydrogen-bond donors (Lipinski definition) is 12. The minimum atomic E-state index is -1.60. The number of aliphatic hydroxyl groups is 2. The van der Waals surface area contributed by atoms with Crippen molar-refractivity contribution in [3.8, 4) is 5.75 Å². The predicted octanol–water partition coefficient (Wildman–Crippen LogP) is -4.57. The number of carbonyl (C=O) groups is 8. The number of carboxylic acids is 1. The summed E-state index contributed by atoms with van der Waals surface area (Å²) in [5.74, 6) is -6.67. The number of nitrogens with two attached hydrogens (primary N) is 2. The lowest BCUT2D eigenvalue weighted by Gasteiger charge is -2.31. The Morgan fingerprint density at radius 2 is 1.36 bits per heavy atom. The van der Waals surface area contributed by atoms with E-state index >= 15 is 0 Å². The molecule has 21 nitrogen and oxygen atoms in total. The molecule has 0 saturated carbocycles. The fraction of sp³-hybridized carbons (Fsp3) is 0.611. The highest BCUT2D eigenvalue weighted by atomic mass is 32.1. The molecule has 22 heteroatoms. The Morgan fingerprint density at radius 1 is 0.759 bits per heavy atom. The normalized spacial score (nSPS) is 18.9. The van der Waals surface area contributed by atoms with E-state index in [1.807, 2.05) is 0 Å². The Bertz CT molecular complexity index is 1620. The lowest BCUT2D eigenvalue weighted by molar-refractivity contribution is -0.147. The first-order valence-corrected chi connectivity index (χ1v) is 19.7. The van der Waals surface area contributed by atoms with Crippen LogP contribution >= 0.6 is 12.6 Å². The maximum atomic E-state index is 13.9. The van der Waals surface area contributed by atoms with E-state index in [0.717, 1.165) is 0 Å². The summed E-state index contributed by atoms with van der Waals surface area (Å²) in [4.78, 5) is 107. The van der Waals surface area contributed by atoms with E-state index in [2.05, 4.69) is 39.2 Å². The second-order valence-corrected chi connectivity index (χ2v) is 14.4. The van der Waals surface area contributed by atoms with Crippen LogP contribution in [0.2, 0.25) is 0 Å².